The topological polar surface area (TPSA) is 75.7 Å². The quantitative estimate of drug-likeness (QED) is 0.305. The summed E-state index contributed by atoms with van der Waals surface area (Å²) >= 11 is 1.41. The summed E-state index contributed by atoms with van der Waals surface area (Å²) in [6.07, 6.45) is 4.32. The third kappa shape index (κ3) is 8.38. The second-order valence-electron chi connectivity index (χ2n) is 11.0. The molecule has 3 amide bonds. The Labute approximate surface area is 216 Å². The molecule has 1 radical (unpaired) electrons. The molecule has 1 aliphatic rings. The fraction of sp³-hybridized carbons (Fsp3) is 0.667. The van der Waals surface area contributed by atoms with Gasteiger partial charge in [-0.3, -0.25) is 14.4 Å². The lowest BCUT2D eigenvalue weighted by Gasteiger charge is -2.27. The van der Waals surface area contributed by atoms with Crippen molar-refractivity contribution in [2.24, 2.45) is 0 Å². The second-order valence-corrected chi connectivity index (χ2v) is 12.1. The predicted octanol–water partition coefficient (Wildman–Crippen LogP) is 4.99. The van der Waals surface area contributed by atoms with Crippen molar-refractivity contribution in [3.05, 3.63) is 29.8 Å². The molecule has 35 heavy (non-hydrogen) atoms. The highest BCUT2D eigenvalue weighted by molar-refractivity contribution is 8.00. The van der Waals surface area contributed by atoms with Crippen LogP contribution in [0, 0.1) is 0 Å². The maximum Gasteiger partial charge on any atom is 0.247 e. The van der Waals surface area contributed by atoms with Crippen molar-refractivity contribution in [3.63, 3.8) is 0 Å². The van der Waals surface area contributed by atoms with E-state index < -0.39 is 0 Å². The smallest absolute Gasteiger partial charge is 0.247 e. The van der Waals surface area contributed by atoms with Gasteiger partial charge in [0, 0.05) is 25.5 Å². The van der Waals surface area contributed by atoms with Crippen molar-refractivity contribution in [1.29, 1.82) is 0 Å². The number of nitrogens with one attached hydrogen (secondary N) is 1. The monoisotopic (exact) mass is 501 g/mol. The van der Waals surface area contributed by atoms with Crippen LogP contribution in [0.2, 0.25) is 12.1 Å². The Bertz CT molecular complexity index is 888. The van der Waals surface area contributed by atoms with E-state index in [1.165, 1.54) is 16.7 Å². The Morgan fingerprint density at radius 3 is 2.34 bits per heavy atom. The van der Waals surface area contributed by atoms with E-state index in [1.54, 1.807) is 12.1 Å². The number of imide groups is 1. The number of nitrogens with zero attached hydrogens (tertiary/aromatic N) is 1. The van der Waals surface area contributed by atoms with Gasteiger partial charge in [0.05, 0.1) is 17.0 Å². The first-order valence-corrected chi connectivity index (χ1v) is 13.8. The molecule has 1 aromatic rings. The number of carbonyl (C=O) groups is 3. The molecule has 0 saturated carbocycles. The van der Waals surface area contributed by atoms with Gasteiger partial charge in [0.15, 0.2) is 0 Å². The van der Waals surface area contributed by atoms with Gasteiger partial charge < -0.3 is 10.1 Å². The SMILES string of the molecule is C[B]C(C)(C)COC(C)CCC(C)NC(=O)CC(C)(C)c1ccc(N2C(=O)CC(SC)C2=O)cc1. The summed E-state index contributed by atoms with van der Waals surface area (Å²) in [5.74, 6) is -0.313. The van der Waals surface area contributed by atoms with Crippen molar-refractivity contribution >= 4 is 42.5 Å². The Kier molecular flexibility index (Phi) is 10.5. The van der Waals surface area contributed by atoms with Crippen LogP contribution < -0.4 is 10.2 Å². The molecule has 3 unspecified atom stereocenters. The summed E-state index contributed by atoms with van der Waals surface area (Å²) < 4.78 is 5.97. The molecule has 2 rings (SSSR count). The van der Waals surface area contributed by atoms with Crippen LogP contribution in [0.25, 0.3) is 0 Å². The minimum atomic E-state index is -0.387. The first kappa shape index (κ1) is 29.4. The molecule has 1 fully saturated rings. The largest absolute Gasteiger partial charge is 0.379 e. The standard InChI is InChI=1S/C27H42BN2O4S/c1-18(9-10-19(2)34-17-27(5,6)28-7)29-23(31)16-26(3,4)20-11-13-21(14-12-20)30-24(32)15-22(35-8)25(30)33/h11-14,18-19,22H,9-10,15-17H2,1-8H3,(H,29,31). The lowest BCUT2D eigenvalue weighted by Crippen LogP contribution is -2.37. The molecule has 8 heteroatoms. The van der Waals surface area contributed by atoms with Crippen LogP contribution in [-0.4, -0.2) is 55.3 Å². The normalized spacial score (nSPS) is 18.5. The van der Waals surface area contributed by atoms with Gasteiger partial charge in [-0.15, -0.1) is 0 Å². The Morgan fingerprint density at radius 1 is 1.17 bits per heavy atom. The van der Waals surface area contributed by atoms with E-state index in [0.29, 0.717) is 18.7 Å². The Morgan fingerprint density at radius 2 is 1.80 bits per heavy atom. The molecule has 193 valence electrons. The first-order chi connectivity index (χ1) is 16.3. The lowest BCUT2D eigenvalue weighted by atomic mass is 9.56. The summed E-state index contributed by atoms with van der Waals surface area (Å²) in [6, 6.07) is 7.49. The number of anilines is 1. The zero-order valence-corrected chi connectivity index (χ0v) is 23.5. The third-order valence-corrected chi connectivity index (χ3v) is 7.77. The summed E-state index contributed by atoms with van der Waals surface area (Å²) in [5, 5.41) is 2.88. The minimum absolute atomic E-state index is 0.00887. The summed E-state index contributed by atoms with van der Waals surface area (Å²) in [7, 11) is 2.16. The van der Waals surface area contributed by atoms with Gasteiger partial charge in [-0.25, -0.2) is 4.90 Å². The molecule has 0 spiro atoms. The first-order valence-electron chi connectivity index (χ1n) is 12.5. The minimum Gasteiger partial charge on any atom is -0.379 e. The predicted molar refractivity (Wildman–Crippen MR) is 146 cm³/mol. The average molecular weight is 502 g/mol. The Balaban J connectivity index is 1.87. The van der Waals surface area contributed by atoms with Gasteiger partial charge in [0.1, 0.15) is 7.28 Å². The van der Waals surface area contributed by atoms with Crippen LogP contribution >= 0.6 is 11.8 Å². The highest BCUT2D eigenvalue weighted by Gasteiger charge is 2.39. The van der Waals surface area contributed by atoms with Crippen molar-refractivity contribution in [1.82, 2.24) is 5.32 Å². The molecule has 0 aliphatic carbocycles. The number of ether oxygens (including phenoxy) is 1. The average Bonchev–Trinajstić information content (AvgIpc) is 3.09. The fourth-order valence-corrected chi connectivity index (χ4v) is 4.65. The zero-order chi connectivity index (χ0) is 26.4. The van der Waals surface area contributed by atoms with Crippen LogP contribution in [0.3, 0.4) is 0 Å². The number of thioether (sulfide) groups is 1. The van der Waals surface area contributed by atoms with Gasteiger partial charge in [-0.2, -0.15) is 11.8 Å². The number of carbonyl (C=O) groups excluding carboxylic acids is 3. The van der Waals surface area contributed by atoms with Crippen molar-refractivity contribution in [2.45, 2.75) is 102 Å². The van der Waals surface area contributed by atoms with Crippen LogP contribution in [0.4, 0.5) is 5.69 Å². The highest BCUT2D eigenvalue weighted by Crippen LogP contribution is 2.32. The van der Waals surface area contributed by atoms with E-state index in [0.717, 1.165) is 18.4 Å². The van der Waals surface area contributed by atoms with E-state index in [9.17, 15) is 14.4 Å². The van der Waals surface area contributed by atoms with E-state index in [4.69, 9.17) is 4.74 Å². The van der Waals surface area contributed by atoms with Gasteiger partial charge >= 0.3 is 0 Å². The van der Waals surface area contributed by atoms with Gasteiger partial charge in [-0.1, -0.05) is 46.7 Å². The van der Waals surface area contributed by atoms with Crippen molar-refractivity contribution < 1.29 is 19.1 Å². The number of amides is 3. The number of rotatable bonds is 13. The van der Waals surface area contributed by atoms with Gasteiger partial charge in [0.25, 0.3) is 0 Å². The van der Waals surface area contributed by atoms with E-state index >= 15 is 0 Å². The van der Waals surface area contributed by atoms with Crippen LogP contribution in [0.5, 0.6) is 0 Å². The number of hydrogen-bond acceptors (Lipinski definition) is 5. The maximum absolute atomic E-state index is 12.8. The molecular formula is C27H42BN2O4S. The third-order valence-electron chi connectivity index (χ3n) is 6.83. The van der Waals surface area contributed by atoms with E-state index in [-0.39, 0.29) is 52.3 Å². The van der Waals surface area contributed by atoms with Crippen molar-refractivity contribution in [2.75, 3.05) is 17.8 Å². The summed E-state index contributed by atoms with van der Waals surface area (Å²) in [5.41, 5.74) is 1.19. The van der Waals surface area contributed by atoms with Gasteiger partial charge in [-0.05, 0) is 61.4 Å². The van der Waals surface area contributed by atoms with Crippen molar-refractivity contribution in [3.8, 4) is 0 Å². The molecule has 0 bridgehead atoms. The maximum atomic E-state index is 12.8. The second kappa shape index (κ2) is 12.4. The molecule has 1 saturated heterocycles. The molecule has 1 aromatic carbocycles. The van der Waals surface area contributed by atoms with E-state index in [2.05, 4.69) is 40.2 Å². The Hall–Kier alpha value is -1.80. The lowest BCUT2D eigenvalue weighted by molar-refractivity contribution is -0.123. The highest BCUT2D eigenvalue weighted by atomic mass is 32.2. The fourth-order valence-electron chi connectivity index (χ4n) is 4.03. The van der Waals surface area contributed by atoms with E-state index in [1.807, 2.05) is 39.2 Å². The van der Waals surface area contributed by atoms with Gasteiger partial charge in [0.2, 0.25) is 17.7 Å². The number of benzene rings is 1. The molecule has 1 heterocycles. The van der Waals surface area contributed by atoms with Crippen LogP contribution in [0.1, 0.15) is 72.8 Å². The number of hydrogen-bond donors (Lipinski definition) is 1. The van der Waals surface area contributed by atoms with Crippen LogP contribution in [-0.2, 0) is 24.5 Å². The molecule has 1 N–H and O–H groups in total. The zero-order valence-electron chi connectivity index (χ0n) is 22.6. The van der Waals surface area contributed by atoms with Crippen LogP contribution in [0.15, 0.2) is 24.3 Å². The molecule has 3 atom stereocenters. The summed E-state index contributed by atoms with van der Waals surface area (Å²) in [6.45, 7) is 15.2. The molecule has 0 aromatic heterocycles. The summed E-state index contributed by atoms with van der Waals surface area (Å²) in [4.78, 5) is 38.8. The molecule has 1 aliphatic heterocycles. The molecular weight excluding hydrogens is 459 g/mol. The molecule has 6 nitrogen and oxygen atoms in total.